The Labute approximate surface area is 116 Å². The van der Waals surface area contributed by atoms with Crippen molar-refractivity contribution in [3.8, 4) is 5.75 Å². The van der Waals surface area contributed by atoms with Crippen LogP contribution in [0.3, 0.4) is 0 Å². The molecule has 0 saturated carbocycles. The van der Waals surface area contributed by atoms with E-state index in [1.165, 1.54) is 0 Å². The molecule has 0 aliphatic carbocycles. The summed E-state index contributed by atoms with van der Waals surface area (Å²) in [5.74, 6) is 0.173. The first-order chi connectivity index (χ1) is 9.72. The minimum absolute atomic E-state index is 0.435. The maximum absolute atomic E-state index is 12.2. The number of methoxy groups -OCH3 is 1. The fraction of sp³-hybridized carbons (Fsp3) is 0.133. The molecule has 2 N–H and O–H groups in total. The van der Waals surface area contributed by atoms with Crippen molar-refractivity contribution in [2.75, 3.05) is 12.4 Å². The lowest BCUT2D eigenvalue weighted by atomic mass is 10.0. The van der Waals surface area contributed by atoms with Crippen LogP contribution >= 0.6 is 0 Å². The summed E-state index contributed by atoms with van der Waals surface area (Å²) >= 11 is 0. The predicted molar refractivity (Wildman–Crippen MR) is 73.8 cm³/mol. The number of para-hydroxylation sites is 2. The zero-order valence-corrected chi connectivity index (χ0v) is 10.9. The van der Waals surface area contributed by atoms with E-state index >= 15 is 0 Å². The van der Waals surface area contributed by atoms with Gasteiger partial charge in [-0.15, -0.1) is 0 Å². The topological polar surface area (TPSA) is 61.8 Å². The standard InChI is InChI=1S/C15H14N2O3/c1-20-13-9-5-3-7-11(13)14-16-12-8-4-2-6-10(12)15(18)17(14)19/h2-9,14,16,19H,1H3. The smallest absolute Gasteiger partial charge is 0.281 e. The second-order valence-corrected chi connectivity index (χ2v) is 4.48. The van der Waals surface area contributed by atoms with Crippen molar-refractivity contribution in [2.24, 2.45) is 0 Å². The first-order valence-corrected chi connectivity index (χ1v) is 6.23. The fourth-order valence-corrected chi connectivity index (χ4v) is 2.35. The van der Waals surface area contributed by atoms with Crippen LogP contribution in [0.4, 0.5) is 5.69 Å². The highest BCUT2D eigenvalue weighted by atomic mass is 16.5. The Morgan fingerprint density at radius 3 is 2.65 bits per heavy atom. The van der Waals surface area contributed by atoms with Gasteiger partial charge in [0.25, 0.3) is 5.91 Å². The summed E-state index contributed by atoms with van der Waals surface area (Å²) in [5.41, 5.74) is 1.83. The quantitative estimate of drug-likeness (QED) is 0.824. The van der Waals surface area contributed by atoms with E-state index in [1.54, 1.807) is 31.4 Å². The molecule has 0 fully saturated rings. The average Bonchev–Trinajstić information content (AvgIpc) is 2.51. The number of amides is 1. The van der Waals surface area contributed by atoms with Crippen molar-refractivity contribution < 1.29 is 14.7 Å². The third-order valence-corrected chi connectivity index (χ3v) is 3.34. The number of hydrogen-bond acceptors (Lipinski definition) is 4. The van der Waals surface area contributed by atoms with Crippen molar-refractivity contribution in [3.05, 3.63) is 59.7 Å². The van der Waals surface area contributed by atoms with E-state index in [4.69, 9.17) is 4.74 Å². The zero-order chi connectivity index (χ0) is 14.1. The molecule has 5 nitrogen and oxygen atoms in total. The largest absolute Gasteiger partial charge is 0.496 e. The second-order valence-electron chi connectivity index (χ2n) is 4.48. The van der Waals surface area contributed by atoms with Crippen molar-refractivity contribution >= 4 is 11.6 Å². The van der Waals surface area contributed by atoms with Gasteiger partial charge in [-0.25, -0.2) is 0 Å². The van der Waals surface area contributed by atoms with Gasteiger partial charge in [0.15, 0.2) is 6.17 Å². The van der Waals surface area contributed by atoms with E-state index in [0.29, 0.717) is 27.6 Å². The summed E-state index contributed by atoms with van der Waals surface area (Å²) in [4.78, 5) is 12.2. The molecule has 102 valence electrons. The van der Waals surface area contributed by atoms with Crippen LogP contribution in [-0.4, -0.2) is 23.3 Å². The van der Waals surface area contributed by atoms with Gasteiger partial charge in [0.2, 0.25) is 0 Å². The first-order valence-electron chi connectivity index (χ1n) is 6.23. The molecule has 0 bridgehead atoms. The molecule has 0 radical (unpaired) electrons. The maximum Gasteiger partial charge on any atom is 0.281 e. The molecular formula is C15H14N2O3. The number of nitrogens with zero attached hydrogens (tertiary/aromatic N) is 1. The van der Waals surface area contributed by atoms with E-state index in [2.05, 4.69) is 5.32 Å². The Morgan fingerprint density at radius 2 is 1.85 bits per heavy atom. The summed E-state index contributed by atoms with van der Waals surface area (Å²) < 4.78 is 5.28. The molecule has 1 aliphatic heterocycles. The van der Waals surface area contributed by atoms with E-state index in [-0.39, 0.29) is 0 Å². The summed E-state index contributed by atoms with van der Waals surface area (Å²) in [7, 11) is 1.55. The molecule has 0 spiro atoms. The average molecular weight is 270 g/mol. The van der Waals surface area contributed by atoms with Gasteiger partial charge >= 0.3 is 0 Å². The first kappa shape index (κ1) is 12.5. The van der Waals surface area contributed by atoms with Gasteiger partial charge in [0, 0.05) is 11.3 Å². The highest BCUT2D eigenvalue weighted by Gasteiger charge is 2.33. The predicted octanol–water partition coefficient (Wildman–Crippen LogP) is 2.65. The molecule has 1 aliphatic rings. The monoisotopic (exact) mass is 270 g/mol. The Kier molecular flexibility index (Phi) is 3.04. The zero-order valence-electron chi connectivity index (χ0n) is 10.9. The van der Waals surface area contributed by atoms with Gasteiger partial charge in [-0.2, -0.15) is 5.06 Å². The third-order valence-electron chi connectivity index (χ3n) is 3.34. The van der Waals surface area contributed by atoms with Crippen LogP contribution < -0.4 is 10.1 Å². The van der Waals surface area contributed by atoms with Crippen LogP contribution in [0.1, 0.15) is 22.1 Å². The van der Waals surface area contributed by atoms with Gasteiger partial charge in [0.1, 0.15) is 5.75 Å². The lowest BCUT2D eigenvalue weighted by Gasteiger charge is -2.34. The Bertz CT molecular complexity index is 657. The number of carbonyl (C=O) groups excluding carboxylic acids is 1. The van der Waals surface area contributed by atoms with Crippen LogP contribution in [0.25, 0.3) is 0 Å². The Morgan fingerprint density at radius 1 is 1.15 bits per heavy atom. The lowest BCUT2D eigenvalue weighted by Crippen LogP contribution is -2.40. The van der Waals surface area contributed by atoms with Crippen LogP contribution in [0.5, 0.6) is 5.75 Å². The van der Waals surface area contributed by atoms with E-state index < -0.39 is 12.1 Å². The van der Waals surface area contributed by atoms with Crippen LogP contribution in [0, 0.1) is 0 Å². The molecule has 1 unspecified atom stereocenters. The molecule has 2 aromatic rings. The van der Waals surface area contributed by atoms with Gasteiger partial charge in [0.05, 0.1) is 12.7 Å². The Balaban J connectivity index is 2.06. The van der Waals surface area contributed by atoms with Crippen molar-refractivity contribution in [3.63, 3.8) is 0 Å². The number of anilines is 1. The molecule has 20 heavy (non-hydrogen) atoms. The molecule has 3 rings (SSSR count). The van der Waals surface area contributed by atoms with Crippen LogP contribution in [-0.2, 0) is 0 Å². The van der Waals surface area contributed by atoms with E-state index in [0.717, 1.165) is 0 Å². The van der Waals surface area contributed by atoms with Crippen molar-refractivity contribution in [1.29, 1.82) is 0 Å². The fourth-order valence-electron chi connectivity index (χ4n) is 2.35. The Hall–Kier alpha value is -2.53. The number of carbonyl (C=O) groups is 1. The van der Waals surface area contributed by atoms with Crippen molar-refractivity contribution in [2.45, 2.75) is 6.17 Å². The SMILES string of the molecule is COc1ccccc1C1Nc2ccccc2C(=O)N1O. The number of rotatable bonds is 2. The second kappa shape index (κ2) is 4.86. The molecule has 0 saturated heterocycles. The number of nitrogens with one attached hydrogen (secondary N) is 1. The molecular weight excluding hydrogens is 256 g/mol. The number of ether oxygens (including phenoxy) is 1. The summed E-state index contributed by atoms with van der Waals surface area (Å²) in [5, 5.41) is 14.0. The summed E-state index contributed by atoms with van der Waals surface area (Å²) in [6, 6.07) is 14.3. The molecule has 1 atom stereocenters. The number of hydrogen-bond donors (Lipinski definition) is 2. The normalized spacial score (nSPS) is 17.4. The van der Waals surface area contributed by atoms with Gasteiger partial charge in [-0.1, -0.05) is 30.3 Å². The minimum atomic E-state index is -0.673. The maximum atomic E-state index is 12.2. The van der Waals surface area contributed by atoms with Gasteiger partial charge < -0.3 is 10.1 Å². The van der Waals surface area contributed by atoms with Crippen molar-refractivity contribution in [1.82, 2.24) is 5.06 Å². The molecule has 5 heteroatoms. The molecule has 0 aromatic heterocycles. The summed E-state index contributed by atoms with van der Waals surface area (Å²) in [6.45, 7) is 0. The highest BCUT2D eigenvalue weighted by Crippen LogP contribution is 2.35. The lowest BCUT2D eigenvalue weighted by molar-refractivity contribution is -0.0855. The number of benzene rings is 2. The van der Waals surface area contributed by atoms with Crippen LogP contribution in [0.2, 0.25) is 0 Å². The molecule has 1 heterocycles. The van der Waals surface area contributed by atoms with E-state index in [1.807, 2.05) is 24.3 Å². The van der Waals surface area contributed by atoms with Gasteiger partial charge in [-0.3, -0.25) is 10.0 Å². The molecule has 2 aromatic carbocycles. The minimum Gasteiger partial charge on any atom is -0.496 e. The highest BCUT2D eigenvalue weighted by molar-refractivity contribution is 6.01. The summed E-state index contributed by atoms with van der Waals surface area (Å²) in [6.07, 6.45) is -0.673. The number of fused-ring (bicyclic) bond motifs is 1. The van der Waals surface area contributed by atoms with E-state index in [9.17, 15) is 10.0 Å². The number of hydroxylamine groups is 2. The molecule has 1 amide bonds. The van der Waals surface area contributed by atoms with Gasteiger partial charge in [-0.05, 0) is 18.2 Å². The third kappa shape index (κ3) is 1.88. The van der Waals surface area contributed by atoms with Crippen LogP contribution in [0.15, 0.2) is 48.5 Å².